The number of hydrogen-bond acceptors (Lipinski definition) is 1. The number of carbonyl (C=O) groups excluding carboxylic acids is 1. The van der Waals surface area contributed by atoms with Gasteiger partial charge in [-0.05, 0) is 24.2 Å². The number of hydrogen-bond donors (Lipinski definition) is 0. The number of alkyl halides is 1. The largest absolute Gasteiger partial charge is 0.298 e. The average Bonchev–Trinajstić information content (AvgIpc) is 1.92. The van der Waals surface area contributed by atoms with E-state index in [0.717, 1.165) is 12.8 Å². The zero-order chi connectivity index (χ0) is 9.35. The number of ketones is 1. The van der Waals surface area contributed by atoms with Crippen molar-refractivity contribution in [3.63, 3.8) is 0 Å². The third-order valence-corrected chi connectivity index (χ3v) is 3.25. The highest BCUT2D eigenvalue weighted by Gasteiger charge is 2.33. The van der Waals surface area contributed by atoms with Gasteiger partial charge >= 0.3 is 0 Å². The molecule has 0 N–H and O–H groups in total. The average molecular weight is 189 g/mol. The molecule has 0 saturated heterocycles. The summed E-state index contributed by atoms with van der Waals surface area (Å²) in [5.41, 5.74) is 0.257. The molecule has 0 aliphatic heterocycles. The van der Waals surface area contributed by atoms with Crippen LogP contribution in [0, 0.1) is 11.3 Å². The molecule has 70 valence electrons. The Kier molecular flexibility index (Phi) is 2.82. The summed E-state index contributed by atoms with van der Waals surface area (Å²) in [6.07, 6.45) is 2.64. The summed E-state index contributed by atoms with van der Waals surface area (Å²) in [6, 6.07) is 0. The summed E-state index contributed by atoms with van der Waals surface area (Å²) in [7, 11) is 0. The molecule has 0 aromatic rings. The summed E-state index contributed by atoms with van der Waals surface area (Å²) in [5.74, 6) is 0.767. The van der Waals surface area contributed by atoms with E-state index in [-0.39, 0.29) is 16.6 Å². The lowest BCUT2D eigenvalue weighted by Crippen LogP contribution is -2.32. The fourth-order valence-corrected chi connectivity index (χ4v) is 1.94. The maximum absolute atomic E-state index is 11.3. The normalized spacial score (nSPS) is 32.2. The topological polar surface area (TPSA) is 17.1 Å². The van der Waals surface area contributed by atoms with E-state index >= 15 is 0 Å². The van der Waals surface area contributed by atoms with Crippen molar-refractivity contribution in [2.75, 3.05) is 0 Å². The van der Waals surface area contributed by atoms with Gasteiger partial charge in [-0.15, -0.1) is 11.6 Å². The second-order valence-corrected chi connectivity index (χ2v) is 5.31. The van der Waals surface area contributed by atoms with Crippen LogP contribution in [0.4, 0.5) is 0 Å². The summed E-state index contributed by atoms with van der Waals surface area (Å²) >= 11 is 5.83. The molecule has 0 aromatic carbocycles. The Morgan fingerprint density at radius 3 is 2.33 bits per heavy atom. The Morgan fingerprint density at radius 1 is 1.33 bits per heavy atom. The van der Waals surface area contributed by atoms with Crippen LogP contribution >= 0.6 is 11.6 Å². The Balaban J connectivity index is 2.57. The highest BCUT2D eigenvalue weighted by atomic mass is 35.5. The Morgan fingerprint density at radius 2 is 1.92 bits per heavy atom. The summed E-state index contributed by atoms with van der Waals surface area (Å²) in [6.45, 7) is 6.58. The minimum atomic E-state index is -0.205. The maximum atomic E-state index is 11.3. The molecule has 1 nitrogen and oxygen atoms in total. The molecule has 0 amide bonds. The van der Waals surface area contributed by atoms with Crippen LogP contribution in [-0.4, -0.2) is 11.2 Å². The van der Waals surface area contributed by atoms with E-state index in [9.17, 15) is 4.79 Å². The molecule has 1 aliphatic carbocycles. The van der Waals surface area contributed by atoms with Crippen LogP contribution in [-0.2, 0) is 4.79 Å². The lowest BCUT2D eigenvalue weighted by atomic mass is 9.72. The third kappa shape index (κ3) is 2.22. The smallest absolute Gasteiger partial charge is 0.150 e. The molecule has 2 atom stereocenters. The summed E-state index contributed by atoms with van der Waals surface area (Å²) in [4.78, 5) is 11.3. The van der Waals surface area contributed by atoms with Gasteiger partial charge in [0.25, 0.3) is 0 Å². The second-order valence-electron chi connectivity index (χ2n) is 4.78. The minimum Gasteiger partial charge on any atom is -0.298 e. The molecular weight excluding hydrogens is 172 g/mol. The van der Waals surface area contributed by atoms with Gasteiger partial charge in [0.2, 0.25) is 0 Å². The molecule has 0 radical (unpaired) electrons. The van der Waals surface area contributed by atoms with Crippen molar-refractivity contribution in [3.05, 3.63) is 0 Å². The van der Waals surface area contributed by atoms with E-state index < -0.39 is 0 Å². The predicted molar refractivity (Wildman–Crippen MR) is 51.4 cm³/mol. The van der Waals surface area contributed by atoms with Crippen LogP contribution in [0.3, 0.4) is 0 Å². The van der Waals surface area contributed by atoms with Crippen LogP contribution < -0.4 is 0 Å². The molecule has 1 saturated carbocycles. The molecule has 2 heteroatoms. The Bertz CT molecular complexity index is 181. The van der Waals surface area contributed by atoms with Crippen LogP contribution in [0.15, 0.2) is 0 Å². The van der Waals surface area contributed by atoms with Gasteiger partial charge in [-0.2, -0.15) is 0 Å². The van der Waals surface area contributed by atoms with E-state index in [1.807, 2.05) is 0 Å². The molecule has 1 fully saturated rings. The van der Waals surface area contributed by atoms with Gasteiger partial charge in [0.1, 0.15) is 0 Å². The van der Waals surface area contributed by atoms with Crippen molar-refractivity contribution < 1.29 is 4.79 Å². The zero-order valence-electron chi connectivity index (χ0n) is 8.06. The van der Waals surface area contributed by atoms with Gasteiger partial charge in [0.15, 0.2) is 5.78 Å². The van der Waals surface area contributed by atoms with Gasteiger partial charge in [-0.25, -0.2) is 0 Å². The predicted octanol–water partition coefficient (Wildman–Crippen LogP) is 3.01. The van der Waals surface area contributed by atoms with E-state index in [1.165, 1.54) is 0 Å². The first-order valence-electron chi connectivity index (χ1n) is 4.58. The molecule has 12 heavy (non-hydrogen) atoms. The van der Waals surface area contributed by atoms with Crippen molar-refractivity contribution in [3.8, 4) is 0 Å². The maximum Gasteiger partial charge on any atom is 0.150 e. The SMILES string of the molecule is CC(C)(C)[C@H]1CC[C@H](Cl)C(=O)C1. The van der Waals surface area contributed by atoms with Gasteiger partial charge in [0, 0.05) is 6.42 Å². The van der Waals surface area contributed by atoms with E-state index in [0.29, 0.717) is 12.3 Å². The summed E-state index contributed by atoms with van der Waals surface area (Å²) in [5, 5.41) is -0.205. The molecule has 1 aliphatic rings. The monoisotopic (exact) mass is 188 g/mol. The minimum absolute atomic E-state index is 0.205. The fourth-order valence-electron chi connectivity index (χ4n) is 1.72. The fraction of sp³-hybridized carbons (Fsp3) is 0.900. The number of rotatable bonds is 0. The first kappa shape index (κ1) is 10.0. The van der Waals surface area contributed by atoms with Gasteiger partial charge in [-0.1, -0.05) is 20.8 Å². The molecule has 0 bridgehead atoms. The van der Waals surface area contributed by atoms with E-state index in [4.69, 9.17) is 11.6 Å². The van der Waals surface area contributed by atoms with E-state index in [1.54, 1.807) is 0 Å². The molecule has 1 rings (SSSR count). The van der Waals surface area contributed by atoms with Gasteiger partial charge in [-0.3, -0.25) is 4.79 Å². The van der Waals surface area contributed by atoms with Crippen LogP contribution in [0.1, 0.15) is 40.0 Å². The van der Waals surface area contributed by atoms with Crippen molar-refractivity contribution in [2.24, 2.45) is 11.3 Å². The second kappa shape index (κ2) is 3.37. The quantitative estimate of drug-likeness (QED) is 0.535. The first-order valence-corrected chi connectivity index (χ1v) is 5.01. The van der Waals surface area contributed by atoms with E-state index in [2.05, 4.69) is 20.8 Å². The van der Waals surface area contributed by atoms with Gasteiger partial charge < -0.3 is 0 Å². The van der Waals surface area contributed by atoms with Crippen LogP contribution in [0.25, 0.3) is 0 Å². The standard InChI is InChI=1S/C10H17ClO/c1-10(2,3)7-4-5-8(11)9(12)6-7/h7-8H,4-6H2,1-3H3/t7-,8-/m0/s1. The van der Waals surface area contributed by atoms with Crippen molar-refractivity contribution in [1.29, 1.82) is 0 Å². The lowest BCUT2D eigenvalue weighted by Gasteiger charge is -2.34. The third-order valence-electron chi connectivity index (χ3n) is 2.79. The molecule has 0 aromatic heterocycles. The molecule has 0 heterocycles. The first-order chi connectivity index (χ1) is 5.41. The Labute approximate surface area is 79.5 Å². The molecule has 0 spiro atoms. The molecular formula is C10H17ClO. The van der Waals surface area contributed by atoms with Crippen molar-refractivity contribution >= 4 is 17.4 Å². The van der Waals surface area contributed by atoms with Crippen LogP contribution in [0.2, 0.25) is 0 Å². The Hall–Kier alpha value is -0.0400. The number of carbonyl (C=O) groups is 1. The highest BCUT2D eigenvalue weighted by molar-refractivity contribution is 6.31. The summed E-state index contributed by atoms with van der Waals surface area (Å²) < 4.78 is 0. The van der Waals surface area contributed by atoms with Crippen molar-refractivity contribution in [1.82, 2.24) is 0 Å². The van der Waals surface area contributed by atoms with Gasteiger partial charge in [0.05, 0.1) is 5.38 Å². The molecule has 0 unspecified atom stereocenters. The van der Waals surface area contributed by atoms with Crippen LogP contribution in [0.5, 0.6) is 0 Å². The number of halogens is 1. The lowest BCUT2D eigenvalue weighted by molar-refractivity contribution is -0.122. The highest BCUT2D eigenvalue weighted by Crippen LogP contribution is 2.37. The zero-order valence-corrected chi connectivity index (χ0v) is 8.82. The van der Waals surface area contributed by atoms with Crippen molar-refractivity contribution in [2.45, 2.75) is 45.4 Å². The number of Topliss-reactive ketones (excluding diaryl/α,β-unsaturated/α-hetero) is 1.